The summed E-state index contributed by atoms with van der Waals surface area (Å²) in [5, 5.41) is 5.09. The van der Waals surface area contributed by atoms with E-state index in [1.54, 1.807) is 25.2 Å². The first-order valence-electron chi connectivity index (χ1n) is 4.24. The van der Waals surface area contributed by atoms with Crippen LogP contribution in [-0.2, 0) is 4.79 Å². The quantitative estimate of drug-likeness (QED) is 0.735. The summed E-state index contributed by atoms with van der Waals surface area (Å²) in [5.41, 5.74) is 1.16. The molecule has 1 aromatic carbocycles. The number of nitrogens with one attached hydrogen (secondary N) is 2. The molecule has 2 N–H and O–H groups in total. The van der Waals surface area contributed by atoms with Crippen LogP contribution in [0.4, 0.5) is 5.69 Å². The van der Waals surface area contributed by atoms with Gasteiger partial charge in [0.05, 0.1) is 5.56 Å². The van der Waals surface area contributed by atoms with Gasteiger partial charge in [-0.15, -0.1) is 0 Å². The summed E-state index contributed by atoms with van der Waals surface area (Å²) in [5.74, 6) is -0.747. The summed E-state index contributed by atoms with van der Waals surface area (Å²) in [4.78, 5) is 22.1. The highest BCUT2D eigenvalue weighted by Crippen LogP contribution is 2.13. The summed E-state index contributed by atoms with van der Waals surface area (Å²) in [7, 11) is 1.72. The number of carbonyl (C=O) groups is 2. The molecule has 0 heterocycles. The van der Waals surface area contributed by atoms with Gasteiger partial charge in [0.15, 0.2) is 0 Å². The number of imide groups is 1. The third-order valence-corrected chi connectivity index (χ3v) is 1.73. The Hall–Kier alpha value is -1.84. The Morgan fingerprint density at radius 2 is 1.86 bits per heavy atom. The topological polar surface area (TPSA) is 58.2 Å². The van der Waals surface area contributed by atoms with Crippen molar-refractivity contribution in [2.75, 3.05) is 12.4 Å². The molecule has 0 aliphatic carbocycles. The van der Waals surface area contributed by atoms with Gasteiger partial charge in [0.2, 0.25) is 5.91 Å². The van der Waals surface area contributed by atoms with E-state index in [4.69, 9.17) is 0 Å². The molecule has 0 spiro atoms. The van der Waals surface area contributed by atoms with Crippen LogP contribution in [0.2, 0.25) is 0 Å². The van der Waals surface area contributed by atoms with E-state index in [1.165, 1.54) is 6.92 Å². The fourth-order valence-corrected chi connectivity index (χ4v) is 1.13. The predicted molar refractivity (Wildman–Crippen MR) is 54.1 cm³/mol. The van der Waals surface area contributed by atoms with E-state index in [2.05, 4.69) is 10.6 Å². The van der Waals surface area contributed by atoms with Gasteiger partial charge in [-0.25, -0.2) is 0 Å². The molecule has 0 aromatic heterocycles. The van der Waals surface area contributed by atoms with Gasteiger partial charge in [0.25, 0.3) is 5.91 Å². The van der Waals surface area contributed by atoms with Crippen molar-refractivity contribution in [2.24, 2.45) is 0 Å². The van der Waals surface area contributed by atoms with E-state index in [0.29, 0.717) is 11.3 Å². The molecule has 1 aromatic rings. The van der Waals surface area contributed by atoms with Gasteiger partial charge in [-0.1, -0.05) is 12.1 Å². The van der Waals surface area contributed by atoms with Gasteiger partial charge < -0.3 is 5.32 Å². The van der Waals surface area contributed by atoms with Crippen molar-refractivity contribution in [3.8, 4) is 0 Å². The number of hydrogen-bond acceptors (Lipinski definition) is 3. The number of rotatable bonds is 2. The van der Waals surface area contributed by atoms with Crippen LogP contribution in [0, 0.1) is 0 Å². The summed E-state index contributed by atoms with van der Waals surface area (Å²) in [6.07, 6.45) is 0. The largest absolute Gasteiger partial charge is 0.387 e. The maximum atomic E-state index is 11.5. The van der Waals surface area contributed by atoms with Crippen molar-refractivity contribution in [1.29, 1.82) is 0 Å². The predicted octanol–water partition coefficient (Wildman–Crippen LogP) is 1.00. The van der Waals surface area contributed by atoms with E-state index in [9.17, 15) is 9.59 Å². The zero-order chi connectivity index (χ0) is 10.6. The summed E-state index contributed by atoms with van der Waals surface area (Å²) < 4.78 is 0. The number of benzene rings is 1. The normalized spacial score (nSPS) is 9.29. The average Bonchev–Trinajstić information content (AvgIpc) is 2.16. The van der Waals surface area contributed by atoms with Gasteiger partial charge in [-0.3, -0.25) is 14.9 Å². The Labute approximate surface area is 82.3 Å². The molecule has 0 saturated carbocycles. The molecule has 0 bridgehead atoms. The molecule has 4 nitrogen and oxygen atoms in total. The van der Waals surface area contributed by atoms with Crippen molar-refractivity contribution in [2.45, 2.75) is 6.92 Å². The molecular formula is C10H12N2O2. The lowest BCUT2D eigenvalue weighted by Gasteiger charge is -2.07. The Balaban J connectivity index is 2.94. The molecule has 0 unspecified atom stereocenters. The average molecular weight is 192 g/mol. The minimum absolute atomic E-state index is 0.360. The third-order valence-electron chi connectivity index (χ3n) is 1.73. The maximum absolute atomic E-state index is 11.5. The number of para-hydroxylation sites is 1. The number of anilines is 1. The zero-order valence-electron chi connectivity index (χ0n) is 8.13. The van der Waals surface area contributed by atoms with Crippen molar-refractivity contribution < 1.29 is 9.59 Å². The van der Waals surface area contributed by atoms with Crippen LogP contribution < -0.4 is 10.6 Å². The van der Waals surface area contributed by atoms with Gasteiger partial charge in [0, 0.05) is 19.7 Å². The second-order valence-electron chi connectivity index (χ2n) is 2.81. The molecule has 1 rings (SSSR count). The van der Waals surface area contributed by atoms with Crippen LogP contribution in [0.3, 0.4) is 0 Å². The molecule has 2 amide bonds. The summed E-state index contributed by atoms with van der Waals surface area (Å²) >= 11 is 0. The third kappa shape index (κ3) is 2.32. The minimum Gasteiger partial charge on any atom is -0.387 e. The molecule has 14 heavy (non-hydrogen) atoms. The van der Waals surface area contributed by atoms with E-state index in [1.807, 2.05) is 6.07 Å². The van der Waals surface area contributed by atoms with Crippen molar-refractivity contribution in [3.63, 3.8) is 0 Å². The molecule has 4 heteroatoms. The number of amides is 2. The van der Waals surface area contributed by atoms with Crippen LogP contribution in [0.5, 0.6) is 0 Å². The lowest BCUT2D eigenvalue weighted by Crippen LogP contribution is -2.28. The molecular weight excluding hydrogens is 180 g/mol. The highest BCUT2D eigenvalue weighted by molar-refractivity contribution is 6.07. The number of hydrogen-bond donors (Lipinski definition) is 2. The standard InChI is InChI=1S/C10H12N2O2/c1-7(13)12-10(14)8-5-3-4-6-9(8)11-2/h3-6,11H,1-2H3,(H,12,13,14). The summed E-state index contributed by atoms with van der Waals surface area (Å²) in [6, 6.07) is 6.99. The van der Waals surface area contributed by atoms with E-state index in [0.717, 1.165) is 0 Å². The van der Waals surface area contributed by atoms with Gasteiger partial charge >= 0.3 is 0 Å². The SMILES string of the molecule is CNc1ccccc1C(=O)NC(C)=O. The Morgan fingerprint density at radius 1 is 1.21 bits per heavy atom. The van der Waals surface area contributed by atoms with Crippen LogP contribution >= 0.6 is 0 Å². The second-order valence-corrected chi connectivity index (χ2v) is 2.81. The fraction of sp³-hybridized carbons (Fsp3) is 0.200. The second kappa shape index (κ2) is 4.41. The molecule has 0 aliphatic rings. The van der Waals surface area contributed by atoms with Gasteiger partial charge in [0.1, 0.15) is 0 Å². The summed E-state index contributed by atoms with van der Waals surface area (Å²) in [6.45, 7) is 1.31. The van der Waals surface area contributed by atoms with E-state index < -0.39 is 0 Å². The van der Waals surface area contributed by atoms with Gasteiger partial charge in [-0.2, -0.15) is 0 Å². The lowest BCUT2D eigenvalue weighted by molar-refractivity contribution is -0.118. The first-order valence-corrected chi connectivity index (χ1v) is 4.24. The Kier molecular flexibility index (Phi) is 3.23. The lowest BCUT2D eigenvalue weighted by atomic mass is 10.1. The smallest absolute Gasteiger partial charge is 0.259 e. The molecule has 0 radical (unpaired) electrons. The van der Waals surface area contributed by atoms with Crippen LogP contribution in [0.15, 0.2) is 24.3 Å². The Bertz CT molecular complexity index is 361. The molecule has 0 fully saturated rings. The van der Waals surface area contributed by atoms with Crippen LogP contribution in [0.25, 0.3) is 0 Å². The monoisotopic (exact) mass is 192 g/mol. The molecule has 0 aliphatic heterocycles. The highest BCUT2D eigenvalue weighted by Gasteiger charge is 2.10. The highest BCUT2D eigenvalue weighted by atomic mass is 16.2. The van der Waals surface area contributed by atoms with Crippen molar-refractivity contribution in [1.82, 2.24) is 5.32 Å². The molecule has 0 atom stereocenters. The van der Waals surface area contributed by atoms with Gasteiger partial charge in [-0.05, 0) is 12.1 Å². The van der Waals surface area contributed by atoms with Crippen molar-refractivity contribution in [3.05, 3.63) is 29.8 Å². The van der Waals surface area contributed by atoms with E-state index in [-0.39, 0.29) is 11.8 Å². The zero-order valence-corrected chi connectivity index (χ0v) is 8.13. The first-order chi connectivity index (χ1) is 6.65. The Morgan fingerprint density at radius 3 is 2.43 bits per heavy atom. The fourth-order valence-electron chi connectivity index (χ4n) is 1.13. The maximum Gasteiger partial charge on any atom is 0.259 e. The first kappa shape index (κ1) is 10.2. The van der Waals surface area contributed by atoms with E-state index >= 15 is 0 Å². The van der Waals surface area contributed by atoms with Crippen molar-refractivity contribution >= 4 is 17.5 Å². The molecule has 0 saturated heterocycles. The van der Waals surface area contributed by atoms with Crippen LogP contribution in [-0.4, -0.2) is 18.9 Å². The van der Waals surface area contributed by atoms with Crippen LogP contribution in [0.1, 0.15) is 17.3 Å². The minimum atomic E-state index is -0.387. The molecule has 74 valence electrons. The number of carbonyl (C=O) groups excluding carboxylic acids is 2.